The Bertz CT molecular complexity index is 2140. The number of imide groups is 1. The van der Waals surface area contributed by atoms with Crippen LogP contribution in [-0.4, -0.2) is 143 Å². The molecule has 4 aliphatic rings. The number of fused-ring (bicyclic) bond motifs is 4. The van der Waals surface area contributed by atoms with Crippen LogP contribution in [0.5, 0.6) is 5.75 Å². The molecule has 0 aromatic heterocycles. The molecular formula is C49H69ClN4O13S. The highest BCUT2D eigenvalue weighted by Crippen LogP contribution is 2.41. The number of aliphatic hydroxyl groups is 2. The second-order valence-electron chi connectivity index (χ2n) is 19.2. The van der Waals surface area contributed by atoms with E-state index in [1.165, 1.54) is 68.6 Å². The van der Waals surface area contributed by atoms with Crippen molar-refractivity contribution in [3.05, 3.63) is 46.5 Å². The van der Waals surface area contributed by atoms with E-state index in [0.29, 0.717) is 24.4 Å². The number of esters is 1. The first-order valence-corrected chi connectivity index (χ1v) is 24.7. The van der Waals surface area contributed by atoms with Gasteiger partial charge in [-0.2, -0.15) is 0 Å². The number of thioether (sulfide) groups is 1. The Morgan fingerprint density at radius 2 is 1.74 bits per heavy atom. The summed E-state index contributed by atoms with van der Waals surface area (Å²) in [5, 5.41) is 26.4. The van der Waals surface area contributed by atoms with Gasteiger partial charge in [0.15, 0.2) is 5.72 Å². The van der Waals surface area contributed by atoms with Crippen molar-refractivity contribution in [1.82, 2.24) is 15.1 Å². The summed E-state index contributed by atoms with van der Waals surface area (Å²) in [7, 11) is 5.77. The summed E-state index contributed by atoms with van der Waals surface area (Å²) < 4.78 is 23.0. The van der Waals surface area contributed by atoms with Crippen LogP contribution >= 0.6 is 23.4 Å². The zero-order valence-corrected chi connectivity index (χ0v) is 42.4. The average molecular weight is 990 g/mol. The van der Waals surface area contributed by atoms with Crippen molar-refractivity contribution >= 4 is 70.5 Å². The Morgan fingerprint density at radius 1 is 1.06 bits per heavy atom. The Kier molecular flexibility index (Phi) is 18.4. The third-order valence-electron chi connectivity index (χ3n) is 14.6. The van der Waals surface area contributed by atoms with Gasteiger partial charge in [-0.1, -0.05) is 49.2 Å². The van der Waals surface area contributed by atoms with Crippen LogP contribution in [0, 0.1) is 23.7 Å². The molecule has 376 valence electrons. The Labute approximate surface area is 408 Å². The van der Waals surface area contributed by atoms with Gasteiger partial charge in [-0.15, -0.1) is 11.8 Å². The van der Waals surface area contributed by atoms with Crippen LogP contribution in [-0.2, 0) is 49.4 Å². The minimum atomic E-state index is -2.00. The zero-order chi connectivity index (χ0) is 50.4. The summed E-state index contributed by atoms with van der Waals surface area (Å²) in [5.74, 6) is -3.22. The van der Waals surface area contributed by atoms with Gasteiger partial charge in [0.1, 0.15) is 46.5 Å². The summed E-state index contributed by atoms with van der Waals surface area (Å²) in [6.45, 7) is 10.0. The molecule has 2 saturated heterocycles. The van der Waals surface area contributed by atoms with Crippen molar-refractivity contribution in [3.63, 3.8) is 0 Å². The van der Waals surface area contributed by atoms with Gasteiger partial charge in [-0.3, -0.25) is 34.2 Å². The zero-order valence-electron chi connectivity index (χ0n) is 40.9. The second-order valence-corrected chi connectivity index (χ2v) is 20.9. The maximum atomic E-state index is 14.4. The number of methoxy groups -OCH3 is 2. The van der Waals surface area contributed by atoms with E-state index < -0.39 is 83.1 Å². The number of likely N-dealkylation sites (N-methyl/N-ethyl adjacent to an activating group) is 1. The highest BCUT2D eigenvalue weighted by Gasteiger charge is 2.51. The lowest BCUT2D eigenvalue weighted by Gasteiger charge is -2.46. The van der Waals surface area contributed by atoms with E-state index in [1.54, 1.807) is 45.1 Å². The summed E-state index contributed by atoms with van der Waals surface area (Å²) in [5.41, 5.74) is -2.00. The molecule has 1 aliphatic carbocycles. The normalized spacial score (nSPS) is 32.3. The molecule has 0 unspecified atom stereocenters. The van der Waals surface area contributed by atoms with E-state index in [4.69, 9.17) is 30.5 Å². The van der Waals surface area contributed by atoms with Gasteiger partial charge in [-0.25, -0.2) is 9.59 Å². The smallest absolute Gasteiger partial charge is 0.409 e. The number of likely N-dealkylation sites (tertiary alicyclic amines) is 1. The number of amides is 5. The van der Waals surface area contributed by atoms with Crippen LogP contribution in [0.25, 0.3) is 0 Å². The number of carbonyl (C=O) groups excluding carboxylic acids is 7. The molecule has 1 aromatic rings. The molecular weight excluding hydrogens is 920 g/mol. The molecule has 4 bridgehead atoms. The van der Waals surface area contributed by atoms with Gasteiger partial charge in [0.25, 0.3) is 0 Å². The van der Waals surface area contributed by atoms with Gasteiger partial charge in [0.05, 0.1) is 24.5 Å². The molecule has 3 heterocycles. The largest absolute Gasteiger partial charge is 0.495 e. The predicted molar refractivity (Wildman–Crippen MR) is 256 cm³/mol. The SMILES string of the molecule is COc1cc2cc(c1Cl)N(C)C(=O)C[C@H](OC(=O)[C@H](C)N(C)C(=O)CCS[C@H]1CC(=O)N(CC3CCC(C(C)=O)CC3)C1=O)[C@](C)(O)[C@@H](C)[C@H](C)[C@@H]1C[C@@](O)(NC(=O)O1)[C@H](OC)/C=C/C=C(\C)C2. The van der Waals surface area contributed by atoms with Crippen LogP contribution in [0.3, 0.4) is 0 Å². The number of anilines is 1. The molecule has 5 amide bonds. The van der Waals surface area contributed by atoms with Crippen LogP contribution in [0.4, 0.5) is 10.5 Å². The molecule has 3 fully saturated rings. The van der Waals surface area contributed by atoms with E-state index in [1.807, 2.05) is 13.0 Å². The number of allylic oxidation sites excluding steroid dienone is 3. The summed E-state index contributed by atoms with van der Waals surface area (Å²) in [4.78, 5) is 96.8. The molecule has 68 heavy (non-hydrogen) atoms. The van der Waals surface area contributed by atoms with E-state index in [2.05, 4.69) is 5.32 Å². The number of nitrogens with zero attached hydrogens (tertiary/aromatic N) is 3. The van der Waals surface area contributed by atoms with E-state index >= 15 is 0 Å². The monoisotopic (exact) mass is 988 g/mol. The fourth-order valence-corrected chi connectivity index (χ4v) is 10.9. The number of nitrogens with one attached hydrogen (secondary N) is 1. The lowest BCUT2D eigenvalue weighted by Crippen LogP contribution is -2.64. The first-order chi connectivity index (χ1) is 31.9. The molecule has 3 N–H and O–H groups in total. The highest BCUT2D eigenvalue weighted by molar-refractivity contribution is 8.00. The van der Waals surface area contributed by atoms with Gasteiger partial charge >= 0.3 is 12.1 Å². The van der Waals surface area contributed by atoms with Gasteiger partial charge < -0.3 is 39.0 Å². The first kappa shape index (κ1) is 54.5. The summed E-state index contributed by atoms with van der Waals surface area (Å²) in [6, 6.07) is 2.28. The number of Topliss-reactive ketones (excluding diaryl/α,β-unsaturated/α-hetero) is 1. The van der Waals surface area contributed by atoms with Crippen LogP contribution in [0.2, 0.25) is 5.02 Å². The van der Waals surface area contributed by atoms with Crippen LogP contribution in [0.1, 0.15) is 98.5 Å². The van der Waals surface area contributed by atoms with E-state index in [0.717, 1.165) is 36.8 Å². The molecule has 3 aliphatic heterocycles. The van der Waals surface area contributed by atoms with Crippen molar-refractivity contribution in [2.24, 2.45) is 23.7 Å². The van der Waals surface area contributed by atoms with Crippen LogP contribution in [0.15, 0.2) is 35.9 Å². The Morgan fingerprint density at radius 3 is 2.37 bits per heavy atom. The number of carbonyl (C=O) groups is 7. The minimum absolute atomic E-state index is 0.0273. The fraction of sp³-hybridized carbons (Fsp3) is 0.653. The summed E-state index contributed by atoms with van der Waals surface area (Å²) >= 11 is 8.01. The summed E-state index contributed by atoms with van der Waals surface area (Å²) in [6.07, 6.45) is 3.39. The third-order valence-corrected chi connectivity index (χ3v) is 16.2. The molecule has 19 heteroatoms. The predicted octanol–water partition coefficient (Wildman–Crippen LogP) is 5.39. The molecule has 5 rings (SSSR count). The van der Waals surface area contributed by atoms with Crippen molar-refractivity contribution in [1.29, 1.82) is 0 Å². The number of hydrogen-bond donors (Lipinski definition) is 3. The molecule has 1 saturated carbocycles. The average Bonchev–Trinajstić information content (AvgIpc) is 3.55. The van der Waals surface area contributed by atoms with Crippen LogP contribution < -0.4 is 15.0 Å². The number of halogens is 1. The lowest BCUT2D eigenvalue weighted by atomic mass is 9.73. The Balaban J connectivity index is 1.34. The third kappa shape index (κ3) is 12.6. The fourth-order valence-electron chi connectivity index (χ4n) is 9.50. The highest BCUT2D eigenvalue weighted by atomic mass is 35.5. The molecule has 9 atom stereocenters. The van der Waals surface area contributed by atoms with Gasteiger partial charge in [-0.05, 0) is 95.2 Å². The van der Waals surface area contributed by atoms with Crippen molar-refractivity contribution in [2.75, 3.05) is 45.5 Å². The maximum Gasteiger partial charge on any atom is 0.409 e. The van der Waals surface area contributed by atoms with Crippen molar-refractivity contribution in [3.8, 4) is 5.75 Å². The number of alkyl carbamates (subject to hydrolysis) is 1. The lowest BCUT2D eigenvalue weighted by molar-refractivity contribution is -0.186. The molecule has 0 radical (unpaired) electrons. The first-order valence-electron chi connectivity index (χ1n) is 23.3. The van der Waals surface area contributed by atoms with Gasteiger partial charge in [0, 0.05) is 58.7 Å². The number of ether oxygens (including phenoxy) is 4. The number of hydrogen-bond acceptors (Lipinski definition) is 14. The number of benzene rings is 1. The quantitative estimate of drug-likeness (QED) is 0.177. The Hall–Kier alpha value is -4.49. The minimum Gasteiger partial charge on any atom is -0.495 e. The topological polar surface area (TPSA) is 219 Å². The molecule has 17 nitrogen and oxygen atoms in total. The molecule has 1 aromatic carbocycles. The number of rotatable bonds is 12. The van der Waals surface area contributed by atoms with Gasteiger partial charge in [0.2, 0.25) is 23.6 Å². The number of ketones is 1. The second kappa shape index (κ2) is 23.0. The standard InChI is InChI=1S/C49H69ClN4O13S/c1-27-12-11-13-39(65-10)49(63)25-37(66-47(61)51-49)28(2)29(3)48(6,62)40(24-42(57)53(8)35-21-33(20-27)22-36(64-9)44(35)50)67-46(60)30(4)52(7)41(56)18-19-68-38-23-43(58)54(45(38)59)26-32-14-16-34(17-15-32)31(5)55/h11-13,21-22,28-30,32,34,37-40,62-63H,14-20,23-26H2,1-10H3,(H,51,61)/b13-11+,27-12+/t28-,29-,30-,32?,34?,37-,38-,39+,40-,48+,49-/m0/s1. The van der Waals surface area contributed by atoms with E-state index in [9.17, 15) is 43.8 Å². The van der Waals surface area contributed by atoms with Crippen molar-refractivity contribution < 1.29 is 62.7 Å². The maximum absolute atomic E-state index is 14.4. The van der Waals surface area contributed by atoms with Crippen molar-refractivity contribution in [2.45, 2.75) is 140 Å². The molecule has 0 spiro atoms. The van der Waals surface area contributed by atoms with E-state index in [-0.39, 0.29) is 59.5 Å².